The Morgan fingerprint density at radius 2 is 1.94 bits per heavy atom. The third-order valence-electron chi connectivity index (χ3n) is 1.65. The lowest BCUT2D eigenvalue weighted by molar-refractivity contribution is -0.118. The summed E-state index contributed by atoms with van der Waals surface area (Å²) in [6.45, 7) is 1.13. The number of carbonyl (C=O) groups is 2. The van der Waals surface area contributed by atoms with Crippen LogP contribution >= 0.6 is 19.8 Å². The summed E-state index contributed by atoms with van der Waals surface area (Å²) in [5.74, 6) is -1.68. The van der Waals surface area contributed by atoms with Crippen LogP contribution in [0.15, 0.2) is 18.2 Å². The molecule has 0 saturated carbocycles. The van der Waals surface area contributed by atoms with E-state index in [2.05, 4.69) is 0 Å². The topological polar surface area (TPSA) is 101 Å². The Morgan fingerprint density at radius 1 is 1.31 bits per heavy atom. The Balaban J connectivity index is 3.24. The van der Waals surface area contributed by atoms with Gasteiger partial charge < -0.3 is 5.11 Å². The predicted molar refractivity (Wildman–Crippen MR) is 60.3 cm³/mol. The second kappa shape index (κ2) is 5.01. The van der Waals surface area contributed by atoms with Crippen molar-refractivity contribution in [2.75, 3.05) is 0 Å². The number of halogens is 1. The van der Waals surface area contributed by atoms with Crippen molar-refractivity contribution in [1.29, 1.82) is 0 Å². The number of phenols is 1. The Labute approximate surface area is 97.8 Å². The average Bonchev–Trinajstić information content (AvgIpc) is 2.15. The molecule has 0 aliphatic rings. The van der Waals surface area contributed by atoms with Gasteiger partial charge in [0.1, 0.15) is 5.75 Å². The van der Waals surface area contributed by atoms with Gasteiger partial charge >= 0.3 is 19.8 Å². The number of rotatable bonds is 2. The van der Waals surface area contributed by atoms with Gasteiger partial charge in [-0.1, -0.05) is 0 Å². The molecule has 0 spiro atoms. The van der Waals surface area contributed by atoms with Gasteiger partial charge in [-0.2, -0.15) is 0 Å². The van der Waals surface area contributed by atoms with E-state index >= 15 is 0 Å². The molecule has 0 fully saturated rings. The van der Waals surface area contributed by atoms with Gasteiger partial charge in [0, 0.05) is 6.92 Å². The van der Waals surface area contributed by atoms with E-state index in [1.165, 1.54) is 6.07 Å². The number of amides is 2. The fourth-order valence-corrected chi connectivity index (χ4v) is 2.40. The lowest BCUT2D eigenvalue weighted by Gasteiger charge is -2.03. The lowest BCUT2D eigenvalue weighted by Crippen LogP contribution is -2.28. The first-order chi connectivity index (χ1) is 7.41. The van der Waals surface area contributed by atoms with Crippen LogP contribution in [-0.4, -0.2) is 16.9 Å². The highest BCUT2D eigenvalue weighted by Gasteiger charge is 2.16. The fourth-order valence-electron chi connectivity index (χ4n) is 1.05. The van der Waals surface area contributed by atoms with E-state index in [0.29, 0.717) is 0 Å². The molecule has 0 radical (unpaired) electrons. The molecule has 0 bridgehead atoms. The smallest absolute Gasteiger partial charge is 0.341 e. The highest BCUT2D eigenvalue weighted by atomic mass is 127. The van der Waals surface area contributed by atoms with Crippen LogP contribution in [0.3, 0.4) is 0 Å². The van der Waals surface area contributed by atoms with Crippen LogP contribution in [0.25, 0.3) is 0 Å². The zero-order valence-corrected chi connectivity index (χ0v) is 10.3. The molecule has 86 valence electrons. The van der Waals surface area contributed by atoms with Crippen molar-refractivity contribution >= 4 is 31.6 Å². The van der Waals surface area contributed by atoms with Crippen molar-refractivity contribution in [2.45, 2.75) is 6.92 Å². The van der Waals surface area contributed by atoms with E-state index < -0.39 is 31.6 Å². The molecule has 7 heteroatoms. The second-order valence-electron chi connectivity index (χ2n) is 2.89. The molecule has 1 rings (SSSR count). The average molecular weight is 337 g/mol. The van der Waals surface area contributed by atoms with Crippen molar-refractivity contribution in [3.63, 3.8) is 0 Å². The Kier molecular flexibility index (Phi) is 3.93. The van der Waals surface area contributed by atoms with Crippen molar-refractivity contribution in [1.82, 2.24) is 5.32 Å². The van der Waals surface area contributed by atoms with E-state index in [9.17, 15) is 15.7 Å². The highest BCUT2D eigenvalue weighted by molar-refractivity contribution is 14.2. The van der Waals surface area contributed by atoms with E-state index in [4.69, 9.17) is 5.11 Å². The molecule has 0 aromatic heterocycles. The minimum Gasteiger partial charge on any atom is -0.508 e. The fraction of sp³-hybridized carbons (Fsp3) is 0.111. The standard InChI is InChI=1S/C9H8INO5/c1-5(12)11-9(14)7-4-6(13)2-3-8(7)10(15)16/h2-4,13H,1H3,(H,11,12,14). The van der Waals surface area contributed by atoms with E-state index in [1.807, 2.05) is 5.32 Å². The van der Waals surface area contributed by atoms with Crippen LogP contribution in [0.2, 0.25) is 0 Å². The van der Waals surface area contributed by atoms with Crippen molar-refractivity contribution in [2.24, 2.45) is 0 Å². The van der Waals surface area contributed by atoms with Gasteiger partial charge in [-0.25, -0.2) is 6.14 Å². The number of carbonyl (C=O) groups excluding carboxylic acids is 2. The van der Waals surface area contributed by atoms with Gasteiger partial charge in [-0.15, -0.1) is 0 Å². The maximum Gasteiger partial charge on any atom is 0.341 e. The number of hydrogen-bond acceptors (Lipinski definition) is 5. The number of hydrogen-bond donors (Lipinski definition) is 2. The maximum atomic E-state index is 11.4. The summed E-state index contributed by atoms with van der Waals surface area (Å²) < 4.78 is 21.7. The maximum absolute atomic E-state index is 11.4. The summed E-state index contributed by atoms with van der Waals surface area (Å²) in [6, 6.07) is 3.31. The van der Waals surface area contributed by atoms with Gasteiger partial charge in [0.2, 0.25) is 5.91 Å². The van der Waals surface area contributed by atoms with Crippen molar-refractivity contribution in [3.05, 3.63) is 27.3 Å². The highest BCUT2D eigenvalue weighted by Crippen LogP contribution is 2.25. The first kappa shape index (κ1) is 12.6. The van der Waals surface area contributed by atoms with Crippen LogP contribution in [0, 0.1) is 3.57 Å². The summed E-state index contributed by atoms with van der Waals surface area (Å²) in [5.41, 5.74) is -0.217. The van der Waals surface area contributed by atoms with Crippen LogP contribution in [0.5, 0.6) is 5.75 Å². The van der Waals surface area contributed by atoms with E-state index in [0.717, 1.165) is 19.1 Å². The molecule has 0 unspecified atom stereocenters. The molecule has 2 amide bonds. The number of nitrogens with one attached hydrogen (secondary N) is 1. The van der Waals surface area contributed by atoms with Crippen LogP contribution in [-0.2, 0) is 10.9 Å². The summed E-state index contributed by atoms with van der Waals surface area (Å²) in [7, 11) is 0. The zero-order chi connectivity index (χ0) is 12.3. The second-order valence-corrected chi connectivity index (χ2v) is 5.29. The van der Waals surface area contributed by atoms with E-state index in [1.54, 1.807) is 0 Å². The number of phenolic OH excluding ortho intramolecular Hbond substituents is 1. The Hall–Kier alpha value is -1.51. The van der Waals surface area contributed by atoms with Gasteiger partial charge in [0.25, 0.3) is 5.91 Å². The minimum absolute atomic E-state index is 0.152. The number of aromatic hydroxyl groups is 1. The summed E-state index contributed by atoms with van der Waals surface area (Å²) in [4.78, 5) is 22.1. The largest absolute Gasteiger partial charge is 0.508 e. The number of imide groups is 1. The molecule has 16 heavy (non-hydrogen) atoms. The van der Waals surface area contributed by atoms with Gasteiger partial charge in [-0.3, -0.25) is 14.9 Å². The predicted octanol–water partition coefficient (Wildman–Crippen LogP) is 1.04. The molecule has 2 N–H and O–H groups in total. The molecule has 0 aliphatic heterocycles. The van der Waals surface area contributed by atoms with Crippen molar-refractivity contribution in [3.8, 4) is 5.75 Å². The molecular weight excluding hydrogens is 329 g/mol. The third kappa shape index (κ3) is 2.99. The normalized spacial score (nSPS) is 10.1. The summed E-state index contributed by atoms with van der Waals surface area (Å²) in [5, 5.41) is 11.1. The minimum atomic E-state index is -3.84. The third-order valence-corrected chi connectivity index (χ3v) is 3.54. The monoisotopic (exact) mass is 337 g/mol. The lowest BCUT2D eigenvalue weighted by atomic mass is 10.2. The Morgan fingerprint density at radius 3 is 2.44 bits per heavy atom. The van der Waals surface area contributed by atoms with Gasteiger partial charge in [0.05, 0.1) is 9.13 Å². The quantitative estimate of drug-likeness (QED) is 0.786. The SMILES string of the molecule is CC(=O)NC(=O)c1cc(O)ccc1I(=O)=O. The molecule has 6 nitrogen and oxygen atoms in total. The summed E-state index contributed by atoms with van der Waals surface area (Å²) in [6.07, 6.45) is 0. The van der Waals surface area contributed by atoms with E-state index in [-0.39, 0.29) is 14.9 Å². The molecule has 0 heterocycles. The van der Waals surface area contributed by atoms with Gasteiger partial charge in [0.15, 0.2) is 0 Å². The van der Waals surface area contributed by atoms with Crippen LogP contribution < -0.4 is 5.32 Å². The zero-order valence-electron chi connectivity index (χ0n) is 8.19. The first-order valence-corrected chi connectivity index (χ1v) is 6.96. The number of benzene rings is 1. The Bertz CT molecular complexity index is 513. The molecule has 1 aromatic carbocycles. The van der Waals surface area contributed by atoms with Crippen molar-refractivity contribution < 1.29 is 20.8 Å². The molecule has 0 saturated heterocycles. The molecule has 0 aliphatic carbocycles. The summed E-state index contributed by atoms with van der Waals surface area (Å²) >= 11 is -3.84. The van der Waals surface area contributed by atoms with Crippen LogP contribution in [0.4, 0.5) is 0 Å². The first-order valence-electron chi connectivity index (χ1n) is 4.12. The van der Waals surface area contributed by atoms with Crippen LogP contribution in [0.1, 0.15) is 17.3 Å². The molecule has 1 aromatic rings. The van der Waals surface area contributed by atoms with Gasteiger partial charge in [-0.05, 0) is 18.2 Å². The molecular formula is C9H8INO5. The molecule has 0 atom stereocenters.